The van der Waals surface area contributed by atoms with Crippen molar-refractivity contribution in [2.45, 2.75) is 45.6 Å². The van der Waals surface area contributed by atoms with E-state index in [9.17, 15) is 19.8 Å². The minimum atomic E-state index is -1.04. The van der Waals surface area contributed by atoms with Gasteiger partial charge in [-0.25, -0.2) is 0 Å². The number of nitrogens with zero attached hydrogens (tertiary/aromatic N) is 1. The van der Waals surface area contributed by atoms with E-state index >= 15 is 0 Å². The van der Waals surface area contributed by atoms with E-state index in [4.69, 9.17) is 0 Å². The van der Waals surface area contributed by atoms with Crippen LogP contribution in [0.25, 0.3) is 0 Å². The summed E-state index contributed by atoms with van der Waals surface area (Å²) < 4.78 is 0. The van der Waals surface area contributed by atoms with Crippen molar-refractivity contribution in [2.75, 3.05) is 27.2 Å². The van der Waals surface area contributed by atoms with Crippen molar-refractivity contribution in [1.29, 1.82) is 0 Å². The maximum atomic E-state index is 11.9. The molecule has 20 heavy (non-hydrogen) atoms. The molecule has 0 aromatic heterocycles. The van der Waals surface area contributed by atoms with Crippen LogP contribution in [-0.4, -0.2) is 59.8 Å². The van der Waals surface area contributed by atoms with Crippen LogP contribution >= 0.6 is 0 Å². The van der Waals surface area contributed by atoms with Crippen LogP contribution in [0.4, 0.5) is 0 Å². The highest BCUT2D eigenvalue weighted by molar-refractivity contribution is 5.84. The first-order valence-corrected chi connectivity index (χ1v) is 6.96. The van der Waals surface area contributed by atoms with Crippen LogP contribution in [0.3, 0.4) is 0 Å². The molecule has 0 saturated heterocycles. The lowest BCUT2D eigenvalue weighted by molar-refractivity contribution is -0.152. The first-order chi connectivity index (χ1) is 9.08. The number of hydrogen-bond donors (Lipinski definition) is 3. The number of carboxylic acid groups (broad SMARTS) is 1. The predicted molar refractivity (Wildman–Crippen MR) is 77.5 cm³/mol. The molecule has 0 radical (unpaired) electrons. The largest absolute Gasteiger partial charge is 0.481 e. The van der Waals surface area contributed by atoms with Crippen LogP contribution in [0.2, 0.25) is 0 Å². The van der Waals surface area contributed by atoms with Crippen molar-refractivity contribution in [3.05, 3.63) is 0 Å². The summed E-state index contributed by atoms with van der Waals surface area (Å²) in [5.74, 6) is -1.28. The SMILES string of the molecule is CCC(CC)(CC(=O)NCC(C)(O)CN(C)C)C(=O)O. The summed E-state index contributed by atoms with van der Waals surface area (Å²) in [5, 5.41) is 22.0. The Morgan fingerprint density at radius 2 is 1.70 bits per heavy atom. The van der Waals surface area contributed by atoms with Gasteiger partial charge in [-0.05, 0) is 33.9 Å². The lowest BCUT2D eigenvalue weighted by Crippen LogP contribution is -2.48. The molecular formula is C14H28N2O4. The number of amides is 1. The molecule has 1 amide bonds. The molecule has 0 bridgehead atoms. The average molecular weight is 288 g/mol. The third-order valence-corrected chi connectivity index (χ3v) is 3.63. The topological polar surface area (TPSA) is 89.9 Å². The summed E-state index contributed by atoms with van der Waals surface area (Å²) >= 11 is 0. The highest BCUT2D eigenvalue weighted by atomic mass is 16.4. The van der Waals surface area contributed by atoms with Crippen LogP contribution in [0.5, 0.6) is 0 Å². The van der Waals surface area contributed by atoms with E-state index in [1.54, 1.807) is 20.8 Å². The highest BCUT2D eigenvalue weighted by Crippen LogP contribution is 2.30. The van der Waals surface area contributed by atoms with Crippen molar-refractivity contribution in [1.82, 2.24) is 10.2 Å². The maximum absolute atomic E-state index is 11.9. The summed E-state index contributed by atoms with van der Waals surface area (Å²) in [7, 11) is 3.67. The normalized spacial score (nSPS) is 14.9. The summed E-state index contributed by atoms with van der Waals surface area (Å²) in [6, 6.07) is 0. The Bertz CT molecular complexity index is 336. The molecule has 0 aromatic rings. The Labute approximate surface area is 121 Å². The number of likely N-dealkylation sites (N-methyl/N-ethyl adjacent to an activating group) is 1. The van der Waals surface area contributed by atoms with Crippen molar-refractivity contribution >= 4 is 11.9 Å². The Morgan fingerprint density at radius 3 is 2.05 bits per heavy atom. The standard InChI is InChI=1S/C14H28N2O4/c1-6-14(7-2,12(18)19)8-11(17)15-9-13(3,20)10-16(4)5/h20H,6-10H2,1-5H3,(H,15,17)(H,18,19). The van der Waals surface area contributed by atoms with Crippen LogP contribution < -0.4 is 5.32 Å². The Hall–Kier alpha value is -1.14. The summed E-state index contributed by atoms with van der Waals surface area (Å²) in [4.78, 5) is 25.1. The zero-order valence-corrected chi connectivity index (χ0v) is 13.2. The molecule has 0 spiro atoms. The quantitative estimate of drug-likeness (QED) is 0.581. The molecule has 0 saturated carbocycles. The third kappa shape index (κ3) is 5.88. The van der Waals surface area contributed by atoms with Gasteiger partial charge in [0.05, 0.1) is 11.0 Å². The van der Waals surface area contributed by atoms with E-state index in [1.165, 1.54) is 0 Å². The Kier molecular flexibility index (Phi) is 7.16. The smallest absolute Gasteiger partial charge is 0.310 e. The van der Waals surface area contributed by atoms with Crippen molar-refractivity contribution in [2.24, 2.45) is 5.41 Å². The minimum absolute atomic E-state index is 0.0621. The first kappa shape index (κ1) is 18.9. The predicted octanol–water partition coefficient (Wildman–Crippen LogP) is 0.696. The van der Waals surface area contributed by atoms with Gasteiger partial charge in [-0.1, -0.05) is 13.8 Å². The van der Waals surface area contributed by atoms with Gasteiger partial charge in [-0.3, -0.25) is 9.59 Å². The fraction of sp³-hybridized carbons (Fsp3) is 0.857. The number of hydrogen-bond acceptors (Lipinski definition) is 4. The van der Waals surface area contributed by atoms with Gasteiger partial charge in [0.25, 0.3) is 0 Å². The monoisotopic (exact) mass is 288 g/mol. The second kappa shape index (κ2) is 7.59. The Balaban J connectivity index is 4.53. The van der Waals surface area contributed by atoms with Gasteiger partial charge < -0.3 is 20.4 Å². The molecule has 118 valence electrons. The second-order valence-corrected chi connectivity index (χ2v) is 5.98. The molecule has 0 fully saturated rings. The molecule has 6 heteroatoms. The van der Waals surface area contributed by atoms with Crippen LogP contribution in [0, 0.1) is 5.41 Å². The van der Waals surface area contributed by atoms with Gasteiger partial charge in [0.2, 0.25) is 5.91 Å². The molecule has 6 nitrogen and oxygen atoms in total. The number of nitrogens with one attached hydrogen (secondary N) is 1. The minimum Gasteiger partial charge on any atom is -0.481 e. The Morgan fingerprint density at radius 1 is 1.20 bits per heavy atom. The molecule has 1 unspecified atom stereocenters. The van der Waals surface area contributed by atoms with E-state index in [0.29, 0.717) is 19.4 Å². The van der Waals surface area contributed by atoms with E-state index in [0.717, 1.165) is 0 Å². The van der Waals surface area contributed by atoms with Crippen LogP contribution in [-0.2, 0) is 9.59 Å². The maximum Gasteiger partial charge on any atom is 0.310 e. The van der Waals surface area contributed by atoms with Crippen molar-refractivity contribution in [3.63, 3.8) is 0 Å². The molecule has 0 aliphatic heterocycles. The number of rotatable bonds is 9. The third-order valence-electron chi connectivity index (χ3n) is 3.63. The van der Waals surface area contributed by atoms with Crippen molar-refractivity contribution in [3.8, 4) is 0 Å². The van der Waals surface area contributed by atoms with E-state index < -0.39 is 17.0 Å². The van der Waals surface area contributed by atoms with Crippen molar-refractivity contribution < 1.29 is 19.8 Å². The molecule has 0 heterocycles. The van der Waals surface area contributed by atoms with E-state index in [1.807, 2.05) is 19.0 Å². The molecule has 0 aliphatic carbocycles. The molecule has 0 aromatic carbocycles. The summed E-state index contributed by atoms with van der Waals surface area (Å²) in [6.07, 6.45) is 0.744. The molecule has 3 N–H and O–H groups in total. The van der Waals surface area contributed by atoms with Crippen LogP contribution in [0.1, 0.15) is 40.0 Å². The zero-order chi connectivity index (χ0) is 16.0. The van der Waals surface area contributed by atoms with E-state index in [-0.39, 0.29) is 18.9 Å². The fourth-order valence-corrected chi connectivity index (χ4v) is 2.27. The van der Waals surface area contributed by atoms with Gasteiger partial charge >= 0.3 is 5.97 Å². The van der Waals surface area contributed by atoms with Crippen LogP contribution in [0.15, 0.2) is 0 Å². The van der Waals surface area contributed by atoms with Gasteiger partial charge in [0.1, 0.15) is 0 Å². The number of carbonyl (C=O) groups excluding carboxylic acids is 1. The van der Waals surface area contributed by atoms with Gasteiger partial charge in [0.15, 0.2) is 0 Å². The van der Waals surface area contributed by atoms with Gasteiger partial charge in [0, 0.05) is 19.5 Å². The molecular weight excluding hydrogens is 260 g/mol. The van der Waals surface area contributed by atoms with E-state index in [2.05, 4.69) is 5.32 Å². The molecule has 1 atom stereocenters. The lowest BCUT2D eigenvalue weighted by Gasteiger charge is -2.29. The number of carbonyl (C=O) groups is 2. The first-order valence-electron chi connectivity index (χ1n) is 6.96. The summed E-state index contributed by atoms with van der Waals surface area (Å²) in [6.45, 7) is 5.70. The summed E-state index contributed by atoms with van der Waals surface area (Å²) in [5.41, 5.74) is -2.05. The number of aliphatic carboxylic acids is 1. The fourth-order valence-electron chi connectivity index (χ4n) is 2.27. The molecule has 0 aliphatic rings. The lowest BCUT2D eigenvalue weighted by atomic mass is 9.79. The number of carboxylic acids is 1. The second-order valence-electron chi connectivity index (χ2n) is 5.98. The number of aliphatic hydroxyl groups is 1. The van der Waals surface area contributed by atoms with Gasteiger partial charge in [-0.15, -0.1) is 0 Å². The zero-order valence-electron chi connectivity index (χ0n) is 13.2. The van der Waals surface area contributed by atoms with Gasteiger partial charge in [-0.2, -0.15) is 0 Å². The average Bonchev–Trinajstić information content (AvgIpc) is 2.32. The molecule has 0 rings (SSSR count). The highest BCUT2D eigenvalue weighted by Gasteiger charge is 2.37.